The predicted molar refractivity (Wildman–Crippen MR) is 135 cm³/mol. The number of methoxy groups -OCH3 is 3. The van der Waals surface area contributed by atoms with Crippen LogP contribution in [0.1, 0.15) is 17.3 Å². The third-order valence-electron chi connectivity index (χ3n) is 5.11. The second kappa shape index (κ2) is 10.4. The maximum atomic E-state index is 13.0. The molecule has 0 aliphatic heterocycles. The predicted octanol–water partition coefficient (Wildman–Crippen LogP) is 4.95. The van der Waals surface area contributed by atoms with Gasteiger partial charge in [0.25, 0.3) is 5.91 Å². The smallest absolute Gasteiger partial charge is 0.259 e. The van der Waals surface area contributed by atoms with Crippen molar-refractivity contribution in [3.8, 4) is 17.2 Å². The fraction of sp³-hybridized carbons (Fsp3) is 0.160. The van der Waals surface area contributed by atoms with E-state index in [1.54, 1.807) is 12.1 Å². The third-order valence-corrected chi connectivity index (χ3v) is 6.09. The van der Waals surface area contributed by atoms with E-state index in [4.69, 9.17) is 14.2 Å². The molecule has 0 saturated heterocycles. The second-order valence-corrected chi connectivity index (χ2v) is 8.60. The van der Waals surface area contributed by atoms with E-state index in [9.17, 15) is 9.59 Å². The average molecular weight is 493 g/mol. The number of anilines is 2. The first-order valence-corrected chi connectivity index (χ1v) is 11.4. The van der Waals surface area contributed by atoms with Gasteiger partial charge >= 0.3 is 0 Å². The fourth-order valence-corrected chi connectivity index (χ4v) is 4.42. The molecule has 0 fully saturated rings. The van der Waals surface area contributed by atoms with E-state index in [2.05, 4.69) is 20.8 Å². The van der Waals surface area contributed by atoms with E-state index >= 15 is 0 Å². The molecule has 3 aromatic carbocycles. The van der Waals surface area contributed by atoms with Crippen molar-refractivity contribution in [2.24, 2.45) is 0 Å². The van der Waals surface area contributed by atoms with Crippen LogP contribution in [0, 0.1) is 0 Å². The maximum absolute atomic E-state index is 13.0. The van der Waals surface area contributed by atoms with Gasteiger partial charge in [-0.1, -0.05) is 17.8 Å². The van der Waals surface area contributed by atoms with Crippen molar-refractivity contribution in [3.63, 3.8) is 0 Å². The Morgan fingerprint density at radius 1 is 0.857 bits per heavy atom. The number of aromatic amines is 1. The molecule has 0 saturated carbocycles. The van der Waals surface area contributed by atoms with Gasteiger partial charge in [0.15, 0.2) is 17.3 Å². The summed E-state index contributed by atoms with van der Waals surface area (Å²) >= 11 is 1.53. The van der Waals surface area contributed by atoms with Crippen LogP contribution in [0.5, 0.6) is 17.2 Å². The Hall–Kier alpha value is -4.18. The molecule has 35 heavy (non-hydrogen) atoms. The van der Waals surface area contributed by atoms with Crippen molar-refractivity contribution in [1.29, 1.82) is 0 Å². The van der Waals surface area contributed by atoms with Crippen molar-refractivity contribution >= 4 is 46.0 Å². The number of rotatable bonds is 8. The number of nitrogens with zero attached hydrogens (tertiary/aromatic N) is 1. The van der Waals surface area contributed by atoms with Gasteiger partial charge < -0.3 is 24.8 Å². The van der Waals surface area contributed by atoms with Crippen LogP contribution in [0.3, 0.4) is 0 Å². The van der Waals surface area contributed by atoms with Crippen LogP contribution in [0.4, 0.5) is 11.5 Å². The third kappa shape index (κ3) is 5.33. The molecule has 0 bridgehead atoms. The SMILES string of the molecule is COc1cc(OC)c(C(=O)Nc2cccc(Sc3ccc4c(NC(C)=O)n[nH]c4c3)c2)cc1OC. The quantitative estimate of drug-likeness (QED) is 0.319. The minimum absolute atomic E-state index is 0.179. The monoisotopic (exact) mass is 492 g/mol. The Morgan fingerprint density at radius 2 is 1.57 bits per heavy atom. The number of benzene rings is 3. The summed E-state index contributed by atoms with van der Waals surface area (Å²) in [4.78, 5) is 26.3. The van der Waals surface area contributed by atoms with Gasteiger partial charge in [-0.2, -0.15) is 5.10 Å². The second-order valence-electron chi connectivity index (χ2n) is 7.45. The molecule has 0 atom stereocenters. The van der Waals surface area contributed by atoms with Crippen LogP contribution >= 0.6 is 11.8 Å². The number of hydrogen-bond acceptors (Lipinski definition) is 7. The Balaban J connectivity index is 1.53. The average Bonchev–Trinajstić information content (AvgIpc) is 3.24. The highest BCUT2D eigenvalue weighted by atomic mass is 32.2. The number of carbonyl (C=O) groups excluding carboxylic acids is 2. The normalized spacial score (nSPS) is 10.6. The number of fused-ring (bicyclic) bond motifs is 1. The number of carbonyl (C=O) groups is 2. The number of amides is 2. The van der Waals surface area contributed by atoms with Gasteiger partial charge in [-0.3, -0.25) is 14.7 Å². The van der Waals surface area contributed by atoms with E-state index in [-0.39, 0.29) is 11.8 Å². The van der Waals surface area contributed by atoms with E-state index < -0.39 is 0 Å². The maximum Gasteiger partial charge on any atom is 0.259 e. The number of ether oxygens (including phenoxy) is 3. The molecule has 0 radical (unpaired) electrons. The summed E-state index contributed by atoms with van der Waals surface area (Å²) in [5.41, 5.74) is 1.76. The summed E-state index contributed by atoms with van der Waals surface area (Å²) in [6.07, 6.45) is 0. The highest BCUT2D eigenvalue weighted by molar-refractivity contribution is 7.99. The first-order chi connectivity index (χ1) is 16.9. The Labute approximate surface area is 206 Å². The first kappa shape index (κ1) is 24.0. The van der Waals surface area contributed by atoms with Crippen molar-refractivity contribution < 1.29 is 23.8 Å². The summed E-state index contributed by atoms with van der Waals surface area (Å²) in [6, 6.07) is 16.5. The van der Waals surface area contributed by atoms with Crippen LogP contribution in [-0.4, -0.2) is 43.3 Å². The molecular formula is C25H24N4O5S. The Bertz CT molecular complexity index is 1400. The number of H-pyrrole nitrogens is 1. The van der Waals surface area contributed by atoms with Crippen LogP contribution < -0.4 is 24.8 Å². The van der Waals surface area contributed by atoms with E-state index in [0.29, 0.717) is 34.3 Å². The molecule has 0 aliphatic rings. The van der Waals surface area contributed by atoms with Crippen LogP contribution in [-0.2, 0) is 4.79 Å². The molecule has 2 amide bonds. The Kier molecular flexibility index (Phi) is 7.11. The zero-order valence-corrected chi connectivity index (χ0v) is 20.4. The van der Waals surface area contributed by atoms with Crippen molar-refractivity contribution in [2.45, 2.75) is 16.7 Å². The van der Waals surface area contributed by atoms with Gasteiger partial charge in [-0.25, -0.2) is 0 Å². The molecule has 4 rings (SSSR count). The lowest BCUT2D eigenvalue weighted by molar-refractivity contribution is -0.114. The summed E-state index contributed by atoms with van der Waals surface area (Å²) in [5.74, 6) is 1.25. The molecule has 4 aromatic rings. The number of aromatic nitrogens is 2. The molecule has 9 nitrogen and oxygen atoms in total. The summed E-state index contributed by atoms with van der Waals surface area (Å²) < 4.78 is 16.0. The van der Waals surface area contributed by atoms with Crippen molar-refractivity contribution in [2.75, 3.05) is 32.0 Å². The minimum atomic E-state index is -0.339. The van der Waals surface area contributed by atoms with E-state index in [0.717, 1.165) is 20.7 Å². The molecule has 1 heterocycles. The van der Waals surface area contributed by atoms with Gasteiger partial charge in [0, 0.05) is 39.9 Å². The molecule has 0 spiro atoms. The van der Waals surface area contributed by atoms with Gasteiger partial charge in [0.2, 0.25) is 5.91 Å². The molecule has 10 heteroatoms. The lowest BCUT2D eigenvalue weighted by atomic mass is 10.1. The molecule has 180 valence electrons. The van der Waals surface area contributed by atoms with Crippen molar-refractivity contribution in [1.82, 2.24) is 10.2 Å². The highest BCUT2D eigenvalue weighted by Gasteiger charge is 2.18. The summed E-state index contributed by atoms with van der Waals surface area (Å²) in [5, 5.41) is 13.5. The molecule has 0 aliphatic carbocycles. The zero-order valence-electron chi connectivity index (χ0n) is 19.6. The number of nitrogens with one attached hydrogen (secondary N) is 3. The Morgan fingerprint density at radius 3 is 2.29 bits per heavy atom. The summed E-state index contributed by atoms with van der Waals surface area (Å²) in [6.45, 7) is 1.44. The molecule has 3 N–H and O–H groups in total. The lowest BCUT2D eigenvalue weighted by Crippen LogP contribution is -2.13. The largest absolute Gasteiger partial charge is 0.496 e. The topological polar surface area (TPSA) is 115 Å². The van der Waals surface area contributed by atoms with Crippen LogP contribution in [0.25, 0.3) is 10.9 Å². The van der Waals surface area contributed by atoms with Gasteiger partial charge in [-0.15, -0.1) is 0 Å². The van der Waals surface area contributed by atoms with Crippen molar-refractivity contribution in [3.05, 3.63) is 60.2 Å². The zero-order chi connectivity index (χ0) is 24.9. The first-order valence-electron chi connectivity index (χ1n) is 10.6. The summed E-state index contributed by atoms with van der Waals surface area (Å²) in [7, 11) is 4.52. The number of hydrogen-bond donors (Lipinski definition) is 3. The molecule has 1 aromatic heterocycles. The molecule has 0 unspecified atom stereocenters. The fourth-order valence-electron chi connectivity index (χ4n) is 3.50. The van der Waals surface area contributed by atoms with Crippen LogP contribution in [0.2, 0.25) is 0 Å². The van der Waals surface area contributed by atoms with Gasteiger partial charge in [0.1, 0.15) is 5.75 Å². The van der Waals surface area contributed by atoms with E-state index in [1.165, 1.54) is 40.0 Å². The molecular weight excluding hydrogens is 468 g/mol. The standard InChI is InChI=1S/C25H24N4O5S/c1-14(30)26-24-18-9-8-17(11-20(18)28-29-24)35-16-7-5-6-15(10-16)27-25(31)19-12-22(33-3)23(34-4)13-21(19)32-2/h5-13H,1-4H3,(H,27,31)(H2,26,28,29,30). The van der Waals surface area contributed by atoms with Crippen LogP contribution in [0.15, 0.2) is 64.4 Å². The van der Waals surface area contributed by atoms with Gasteiger partial charge in [0.05, 0.1) is 32.4 Å². The van der Waals surface area contributed by atoms with Gasteiger partial charge in [-0.05, 0) is 36.4 Å². The lowest BCUT2D eigenvalue weighted by Gasteiger charge is -2.14. The minimum Gasteiger partial charge on any atom is -0.496 e. The highest BCUT2D eigenvalue weighted by Crippen LogP contribution is 2.36. The van der Waals surface area contributed by atoms with E-state index in [1.807, 2.05) is 42.5 Å².